The molecule has 0 spiro atoms. The first-order valence-electron chi connectivity index (χ1n) is 6.18. The van der Waals surface area contributed by atoms with Crippen LogP contribution < -0.4 is 5.32 Å². The minimum Gasteiger partial charge on any atom is -0.481 e. The lowest BCUT2D eigenvalue weighted by atomic mass is 9.74. The van der Waals surface area contributed by atoms with Crippen molar-refractivity contribution in [1.29, 1.82) is 5.26 Å². The molecule has 0 heterocycles. The van der Waals surface area contributed by atoms with Gasteiger partial charge in [0.1, 0.15) is 0 Å². The molecule has 0 saturated heterocycles. The zero-order chi connectivity index (χ0) is 15.6. The van der Waals surface area contributed by atoms with Crippen LogP contribution >= 0.6 is 0 Å². The Morgan fingerprint density at radius 1 is 1.15 bits per heavy atom. The summed E-state index contributed by atoms with van der Waals surface area (Å²) < 4.78 is 0. The zero-order valence-electron chi connectivity index (χ0n) is 12.0. The quantitative estimate of drug-likeness (QED) is 0.880. The summed E-state index contributed by atoms with van der Waals surface area (Å²) in [6.45, 7) is 6.47. The molecule has 0 aliphatic rings. The van der Waals surface area contributed by atoms with Gasteiger partial charge in [-0.3, -0.25) is 9.59 Å². The van der Waals surface area contributed by atoms with E-state index in [9.17, 15) is 14.7 Å². The number of hydrogen-bond acceptors (Lipinski definition) is 3. The third kappa shape index (κ3) is 2.97. The molecule has 0 aliphatic heterocycles. The van der Waals surface area contributed by atoms with E-state index in [1.165, 1.54) is 12.1 Å². The molecule has 2 N–H and O–H groups in total. The van der Waals surface area contributed by atoms with Crippen LogP contribution in [0, 0.1) is 16.7 Å². The van der Waals surface area contributed by atoms with Crippen LogP contribution in [0.25, 0.3) is 0 Å². The van der Waals surface area contributed by atoms with Crippen molar-refractivity contribution in [3.63, 3.8) is 0 Å². The molecule has 1 aromatic carbocycles. The van der Waals surface area contributed by atoms with Gasteiger partial charge in [-0.1, -0.05) is 0 Å². The molecule has 1 aromatic rings. The molecule has 0 aromatic heterocycles. The molecule has 1 amide bonds. The first-order valence-corrected chi connectivity index (χ1v) is 6.18. The van der Waals surface area contributed by atoms with Crippen molar-refractivity contribution in [2.75, 3.05) is 0 Å². The van der Waals surface area contributed by atoms with E-state index in [-0.39, 0.29) is 5.91 Å². The Morgan fingerprint density at radius 2 is 1.65 bits per heavy atom. The average molecular weight is 274 g/mol. The fourth-order valence-electron chi connectivity index (χ4n) is 1.48. The van der Waals surface area contributed by atoms with Crippen LogP contribution in [-0.2, 0) is 4.79 Å². The average Bonchev–Trinajstić information content (AvgIpc) is 2.37. The third-order valence-electron chi connectivity index (χ3n) is 3.80. The largest absolute Gasteiger partial charge is 0.481 e. The van der Waals surface area contributed by atoms with Crippen LogP contribution in [0.4, 0.5) is 0 Å². The van der Waals surface area contributed by atoms with Crippen LogP contribution in [0.3, 0.4) is 0 Å². The van der Waals surface area contributed by atoms with E-state index in [4.69, 9.17) is 5.26 Å². The Balaban J connectivity index is 2.94. The molecule has 0 saturated carbocycles. The number of nitrogens with zero attached hydrogens (tertiary/aromatic N) is 1. The lowest BCUT2D eigenvalue weighted by Crippen LogP contribution is -2.56. The van der Waals surface area contributed by atoms with E-state index in [2.05, 4.69) is 5.32 Å². The molecule has 0 fully saturated rings. The minimum atomic E-state index is -1.12. The number of rotatable bonds is 4. The van der Waals surface area contributed by atoms with Crippen LogP contribution in [0.2, 0.25) is 0 Å². The molecule has 0 aliphatic carbocycles. The van der Waals surface area contributed by atoms with Gasteiger partial charge in [0.25, 0.3) is 5.91 Å². The Labute approximate surface area is 118 Å². The lowest BCUT2D eigenvalue weighted by molar-refractivity contribution is -0.150. The summed E-state index contributed by atoms with van der Waals surface area (Å²) in [7, 11) is 0. The second-order valence-electron chi connectivity index (χ2n) is 5.70. The summed E-state index contributed by atoms with van der Waals surface area (Å²) in [5, 5.41) is 20.7. The maximum atomic E-state index is 12.1. The summed E-state index contributed by atoms with van der Waals surface area (Å²) in [5.74, 6) is -1.35. The predicted octanol–water partition coefficient (Wildman–Crippen LogP) is 2.18. The highest BCUT2D eigenvalue weighted by Crippen LogP contribution is 2.31. The van der Waals surface area contributed by atoms with Gasteiger partial charge in [-0.15, -0.1) is 0 Å². The van der Waals surface area contributed by atoms with Crippen molar-refractivity contribution in [3.05, 3.63) is 35.4 Å². The molecule has 0 radical (unpaired) electrons. The monoisotopic (exact) mass is 274 g/mol. The highest BCUT2D eigenvalue weighted by Gasteiger charge is 2.44. The van der Waals surface area contributed by atoms with Crippen molar-refractivity contribution in [2.45, 2.75) is 33.2 Å². The van der Waals surface area contributed by atoms with E-state index < -0.39 is 16.9 Å². The van der Waals surface area contributed by atoms with Gasteiger partial charge in [-0.05, 0) is 52.0 Å². The summed E-state index contributed by atoms with van der Waals surface area (Å²) in [5.41, 5.74) is -1.19. The summed E-state index contributed by atoms with van der Waals surface area (Å²) in [6.07, 6.45) is 0. The fourth-order valence-corrected chi connectivity index (χ4v) is 1.48. The molecule has 20 heavy (non-hydrogen) atoms. The number of carboxylic acid groups (broad SMARTS) is 1. The number of nitriles is 1. The Kier molecular flexibility index (Phi) is 4.19. The number of carbonyl (C=O) groups excluding carboxylic acids is 1. The van der Waals surface area contributed by atoms with E-state index in [1.807, 2.05) is 6.07 Å². The second kappa shape index (κ2) is 5.33. The van der Waals surface area contributed by atoms with E-state index in [0.717, 1.165) is 0 Å². The number of aliphatic carboxylic acids is 1. The van der Waals surface area contributed by atoms with Crippen LogP contribution in [0.1, 0.15) is 43.6 Å². The second-order valence-corrected chi connectivity index (χ2v) is 5.70. The van der Waals surface area contributed by atoms with E-state index in [0.29, 0.717) is 11.1 Å². The zero-order valence-corrected chi connectivity index (χ0v) is 12.0. The first-order chi connectivity index (χ1) is 9.11. The molecular weight excluding hydrogens is 256 g/mol. The van der Waals surface area contributed by atoms with Crippen molar-refractivity contribution >= 4 is 11.9 Å². The molecule has 0 atom stereocenters. The van der Waals surface area contributed by atoms with Crippen LogP contribution in [-0.4, -0.2) is 22.5 Å². The first kappa shape index (κ1) is 15.7. The number of nitrogens with one attached hydrogen (secondary N) is 1. The van der Waals surface area contributed by atoms with Crippen LogP contribution in [0.5, 0.6) is 0 Å². The standard InChI is InChI=1S/C15H18N2O3/c1-14(2,13(19)20)15(3,4)17-12(18)11-7-5-10(9-16)6-8-11/h5-8H,1-4H3,(H,17,18)(H,19,20). The molecule has 106 valence electrons. The highest BCUT2D eigenvalue weighted by atomic mass is 16.4. The molecule has 5 nitrogen and oxygen atoms in total. The predicted molar refractivity (Wildman–Crippen MR) is 74.1 cm³/mol. The van der Waals surface area contributed by atoms with Crippen molar-refractivity contribution in [1.82, 2.24) is 5.32 Å². The van der Waals surface area contributed by atoms with Crippen molar-refractivity contribution in [3.8, 4) is 6.07 Å². The van der Waals surface area contributed by atoms with E-state index >= 15 is 0 Å². The van der Waals surface area contributed by atoms with Crippen LogP contribution in [0.15, 0.2) is 24.3 Å². The maximum absolute atomic E-state index is 12.1. The van der Waals surface area contributed by atoms with Crippen molar-refractivity contribution < 1.29 is 14.7 Å². The van der Waals surface area contributed by atoms with Gasteiger partial charge in [0.2, 0.25) is 0 Å². The van der Waals surface area contributed by atoms with Gasteiger partial charge in [-0.2, -0.15) is 5.26 Å². The lowest BCUT2D eigenvalue weighted by Gasteiger charge is -2.38. The normalized spacial score (nSPS) is 11.6. The minimum absolute atomic E-state index is 0.367. The smallest absolute Gasteiger partial charge is 0.311 e. The summed E-state index contributed by atoms with van der Waals surface area (Å²) in [4.78, 5) is 23.4. The Bertz CT molecular complexity index is 566. The van der Waals surface area contributed by atoms with E-state index in [1.54, 1.807) is 39.8 Å². The fraction of sp³-hybridized carbons (Fsp3) is 0.400. The van der Waals surface area contributed by atoms with Gasteiger partial charge in [-0.25, -0.2) is 0 Å². The molecule has 1 rings (SSSR count). The number of hydrogen-bond donors (Lipinski definition) is 2. The molecule has 0 bridgehead atoms. The SMILES string of the molecule is CC(C)(NC(=O)c1ccc(C#N)cc1)C(C)(C)C(=O)O. The van der Waals surface area contributed by atoms with Gasteiger partial charge < -0.3 is 10.4 Å². The topological polar surface area (TPSA) is 90.2 Å². The van der Waals surface area contributed by atoms with Crippen molar-refractivity contribution in [2.24, 2.45) is 5.41 Å². The van der Waals surface area contributed by atoms with Gasteiger partial charge in [0.15, 0.2) is 0 Å². The number of carbonyl (C=O) groups is 2. The Morgan fingerprint density at radius 3 is 2.05 bits per heavy atom. The number of amides is 1. The summed E-state index contributed by atoms with van der Waals surface area (Å²) in [6, 6.07) is 8.14. The summed E-state index contributed by atoms with van der Waals surface area (Å²) >= 11 is 0. The Hall–Kier alpha value is -2.35. The number of benzene rings is 1. The van der Waals surface area contributed by atoms with Gasteiger partial charge >= 0.3 is 5.97 Å². The molecule has 0 unspecified atom stereocenters. The highest BCUT2D eigenvalue weighted by molar-refractivity contribution is 5.95. The third-order valence-corrected chi connectivity index (χ3v) is 3.80. The van der Waals surface area contributed by atoms with Gasteiger partial charge in [0, 0.05) is 5.56 Å². The molecule has 5 heteroatoms. The van der Waals surface area contributed by atoms with Gasteiger partial charge in [0.05, 0.1) is 22.6 Å². The maximum Gasteiger partial charge on any atom is 0.311 e. The number of carboxylic acids is 1. The molecular formula is C15H18N2O3.